The number of amides is 1. The van der Waals surface area contributed by atoms with Crippen LogP contribution in [0.2, 0.25) is 0 Å². The van der Waals surface area contributed by atoms with Crippen molar-refractivity contribution in [1.82, 2.24) is 14.5 Å². The molecule has 126 valence electrons. The Morgan fingerprint density at radius 1 is 1.39 bits per heavy atom. The molecule has 3 heterocycles. The number of piperidine rings is 1. The van der Waals surface area contributed by atoms with Crippen LogP contribution in [-0.2, 0) is 20.9 Å². The third-order valence-electron chi connectivity index (χ3n) is 4.82. The van der Waals surface area contributed by atoms with Gasteiger partial charge in [0, 0.05) is 32.1 Å². The van der Waals surface area contributed by atoms with Gasteiger partial charge in [-0.3, -0.25) is 4.79 Å². The van der Waals surface area contributed by atoms with E-state index in [0.717, 1.165) is 25.2 Å². The van der Waals surface area contributed by atoms with Crippen LogP contribution >= 0.6 is 0 Å². The van der Waals surface area contributed by atoms with E-state index >= 15 is 0 Å². The zero-order valence-electron chi connectivity index (χ0n) is 13.4. The summed E-state index contributed by atoms with van der Waals surface area (Å²) in [5.41, 5.74) is 0. The molecule has 7 heteroatoms. The van der Waals surface area contributed by atoms with Crippen LogP contribution in [0.4, 0.5) is 0 Å². The van der Waals surface area contributed by atoms with Gasteiger partial charge in [0.2, 0.25) is 5.91 Å². The number of likely N-dealkylation sites (tertiary alicyclic amines) is 1. The van der Waals surface area contributed by atoms with Crippen molar-refractivity contribution in [2.45, 2.75) is 51.3 Å². The monoisotopic (exact) mass is 321 g/mol. The second-order valence-corrected chi connectivity index (χ2v) is 6.14. The van der Waals surface area contributed by atoms with Crippen LogP contribution in [0, 0.1) is 5.92 Å². The van der Waals surface area contributed by atoms with E-state index < -0.39 is 12.0 Å². The number of ether oxygens (including phenoxy) is 1. The highest BCUT2D eigenvalue weighted by atomic mass is 16.5. The molecular formula is C16H23N3O4. The Bertz CT molecular complexity index is 586. The Morgan fingerprint density at radius 3 is 2.96 bits per heavy atom. The maximum absolute atomic E-state index is 13.0. The maximum atomic E-state index is 13.0. The van der Waals surface area contributed by atoms with Crippen molar-refractivity contribution < 1.29 is 19.4 Å². The summed E-state index contributed by atoms with van der Waals surface area (Å²) in [5, 5.41) is 9.39. The van der Waals surface area contributed by atoms with Crippen LogP contribution in [0.5, 0.6) is 0 Å². The zero-order valence-corrected chi connectivity index (χ0v) is 13.4. The third kappa shape index (κ3) is 2.97. The zero-order chi connectivity index (χ0) is 16.4. The first-order chi connectivity index (χ1) is 11.1. The summed E-state index contributed by atoms with van der Waals surface area (Å²) in [7, 11) is 0. The van der Waals surface area contributed by atoms with Crippen LogP contribution < -0.4 is 0 Å². The molecule has 0 aromatic carbocycles. The summed E-state index contributed by atoms with van der Waals surface area (Å²) >= 11 is 0. The second-order valence-electron chi connectivity index (χ2n) is 6.14. The Kier molecular flexibility index (Phi) is 4.66. The summed E-state index contributed by atoms with van der Waals surface area (Å²) in [5.74, 6) is -0.608. The van der Waals surface area contributed by atoms with Crippen LogP contribution in [0.15, 0.2) is 12.4 Å². The minimum Gasteiger partial charge on any atom is -0.480 e. The Labute approximate surface area is 135 Å². The molecular weight excluding hydrogens is 298 g/mol. The highest BCUT2D eigenvalue weighted by Crippen LogP contribution is 2.36. The van der Waals surface area contributed by atoms with Crippen LogP contribution in [0.1, 0.15) is 44.5 Å². The standard InChI is InChI=1S/C16H23N3O4/c1-2-18-9-7-17-14(18)13-11(6-10-23-13)15(20)19-8-4-3-5-12(19)16(21)22/h7,9,11-13H,2-6,8,10H2,1H3,(H,21,22)/t11-,12?,13-/m1/s1. The van der Waals surface area contributed by atoms with Gasteiger partial charge in [-0.2, -0.15) is 0 Å². The number of carbonyl (C=O) groups excluding carboxylic acids is 1. The van der Waals surface area contributed by atoms with E-state index in [-0.39, 0.29) is 17.9 Å². The van der Waals surface area contributed by atoms with Gasteiger partial charge in [0.15, 0.2) is 0 Å². The summed E-state index contributed by atoms with van der Waals surface area (Å²) in [4.78, 5) is 30.3. The highest BCUT2D eigenvalue weighted by molar-refractivity contribution is 5.85. The van der Waals surface area contributed by atoms with Crippen LogP contribution in [0.3, 0.4) is 0 Å². The molecule has 2 saturated heterocycles. The fourth-order valence-corrected chi connectivity index (χ4v) is 3.61. The molecule has 0 saturated carbocycles. The SMILES string of the molecule is CCn1ccnc1[C@@H]1OCC[C@H]1C(=O)N1CCCCC1C(=O)O. The molecule has 3 atom stereocenters. The van der Waals surface area contributed by atoms with E-state index in [1.165, 1.54) is 4.90 Å². The fourth-order valence-electron chi connectivity index (χ4n) is 3.61. The molecule has 0 aliphatic carbocycles. The minimum absolute atomic E-state index is 0.106. The Hall–Kier alpha value is -1.89. The quantitative estimate of drug-likeness (QED) is 0.907. The number of carbonyl (C=O) groups is 2. The number of aromatic nitrogens is 2. The predicted molar refractivity (Wildman–Crippen MR) is 81.7 cm³/mol. The van der Waals surface area contributed by atoms with Crippen molar-refractivity contribution in [3.63, 3.8) is 0 Å². The minimum atomic E-state index is -0.913. The number of nitrogens with zero attached hydrogens (tertiary/aromatic N) is 3. The Morgan fingerprint density at radius 2 is 2.22 bits per heavy atom. The van der Waals surface area contributed by atoms with Gasteiger partial charge in [-0.05, 0) is 32.6 Å². The van der Waals surface area contributed by atoms with Crippen molar-refractivity contribution in [2.75, 3.05) is 13.2 Å². The number of carboxylic acids is 1. The lowest BCUT2D eigenvalue weighted by molar-refractivity contribution is -0.155. The summed E-state index contributed by atoms with van der Waals surface area (Å²) < 4.78 is 7.76. The van der Waals surface area contributed by atoms with Crippen molar-refractivity contribution in [3.8, 4) is 0 Å². The topological polar surface area (TPSA) is 84.7 Å². The molecule has 7 nitrogen and oxygen atoms in total. The van der Waals surface area contributed by atoms with Crippen molar-refractivity contribution in [2.24, 2.45) is 5.92 Å². The van der Waals surface area contributed by atoms with E-state index in [0.29, 0.717) is 26.0 Å². The number of hydrogen-bond donors (Lipinski definition) is 1. The average molecular weight is 321 g/mol. The first-order valence-corrected chi connectivity index (χ1v) is 8.29. The third-order valence-corrected chi connectivity index (χ3v) is 4.82. The van der Waals surface area contributed by atoms with Crippen molar-refractivity contribution in [3.05, 3.63) is 18.2 Å². The molecule has 2 fully saturated rings. The second kappa shape index (κ2) is 6.70. The van der Waals surface area contributed by atoms with Gasteiger partial charge < -0.3 is 19.3 Å². The number of aliphatic carboxylic acids is 1. The molecule has 0 spiro atoms. The van der Waals surface area contributed by atoms with Gasteiger partial charge in [0.25, 0.3) is 0 Å². The molecule has 23 heavy (non-hydrogen) atoms. The molecule has 0 radical (unpaired) electrons. The van der Waals surface area contributed by atoms with Gasteiger partial charge in [-0.1, -0.05) is 0 Å². The normalized spacial score (nSPS) is 28.0. The molecule has 1 N–H and O–H groups in total. The van der Waals surface area contributed by atoms with Crippen molar-refractivity contribution >= 4 is 11.9 Å². The lowest BCUT2D eigenvalue weighted by atomic mass is 9.95. The fraction of sp³-hybridized carbons (Fsp3) is 0.688. The van der Waals surface area contributed by atoms with Crippen molar-refractivity contribution in [1.29, 1.82) is 0 Å². The van der Waals surface area contributed by atoms with E-state index in [9.17, 15) is 14.7 Å². The highest BCUT2D eigenvalue weighted by Gasteiger charge is 2.43. The number of carboxylic acid groups (broad SMARTS) is 1. The molecule has 3 rings (SSSR count). The summed E-state index contributed by atoms with van der Waals surface area (Å²) in [6.45, 7) is 3.80. The van der Waals surface area contributed by atoms with Crippen LogP contribution in [-0.4, -0.2) is 50.6 Å². The number of hydrogen-bond acceptors (Lipinski definition) is 4. The largest absolute Gasteiger partial charge is 0.480 e. The number of imidazole rings is 1. The maximum Gasteiger partial charge on any atom is 0.326 e. The van der Waals surface area contributed by atoms with Gasteiger partial charge in [0.05, 0.1) is 5.92 Å². The molecule has 2 aliphatic heterocycles. The van der Waals surface area contributed by atoms with Gasteiger partial charge in [-0.15, -0.1) is 0 Å². The van der Waals surface area contributed by atoms with Gasteiger partial charge in [0.1, 0.15) is 18.0 Å². The first kappa shape index (κ1) is 16.0. The lowest BCUT2D eigenvalue weighted by Crippen LogP contribution is -2.50. The number of aryl methyl sites for hydroxylation is 1. The summed E-state index contributed by atoms with van der Waals surface area (Å²) in [6.07, 6.45) is 6.06. The molecule has 1 amide bonds. The lowest BCUT2D eigenvalue weighted by Gasteiger charge is -2.35. The van der Waals surface area contributed by atoms with E-state index in [1.54, 1.807) is 6.20 Å². The van der Waals surface area contributed by atoms with Gasteiger partial charge >= 0.3 is 5.97 Å². The van der Waals surface area contributed by atoms with E-state index in [4.69, 9.17) is 4.74 Å². The van der Waals surface area contributed by atoms with E-state index in [1.807, 2.05) is 17.7 Å². The Balaban J connectivity index is 1.81. The summed E-state index contributed by atoms with van der Waals surface area (Å²) in [6, 6.07) is -0.705. The number of rotatable bonds is 4. The molecule has 1 aromatic rings. The average Bonchev–Trinajstić information content (AvgIpc) is 3.22. The van der Waals surface area contributed by atoms with Crippen LogP contribution in [0.25, 0.3) is 0 Å². The molecule has 1 unspecified atom stereocenters. The first-order valence-electron chi connectivity index (χ1n) is 8.29. The van der Waals surface area contributed by atoms with Gasteiger partial charge in [-0.25, -0.2) is 9.78 Å². The molecule has 1 aromatic heterocycles. The van der Waals surface area contributed by atoms with E-state index in [2.05, 4.69) is 4.98 Å². The molecule has 2 aliphatic rings. The predicted octanol–water partition coefficient (Wildman–Crippen LogP) is 1.45. The smallest absolute Gasteiger partial charge is 0.326 e. The molecule has 0 bridgehead atoms.